The van der Waals surface area contributed by atoms with Crippen molar-refractivity contribution in [3.05, 3.63) is 22.7 Å². The molecule has 2 unspecified atom stereocenters. The fourth-order valence-electron chi connectivity index (χ4n) is 2.78. The molecular formula is C14H21ClN2O2S. The monoisotopic (exact) mass is 316 g/mol. The van der Waals surface area contributed by atoms with Crippen molar-refractivity contribution < 1.29 is 8.42 Å². The molecule has 112 valence electrons. The fourth-order valence-corrected chi connectivity index (χ4v) is 4.65. The minimum absolute atomic E-state index is 0.00311. The number of hydrogen-bond donors (Lipinski definition) is 2. The Kier molecular flexibility index (Phi) is 4.62. The molecule has 0 aliphatic heterocycles. The highest BCUT2D eigenvalue weighted by Crippen LogP contribution is 2.28. The highest BCUT2D eigenvalue weighted by molar-refractivity contribution is 7.89. The number of benzene rings is 1. The quantitative estimate of drug-likeness (QED) is 0.842. The summed E-state index contributed by atoms with van der Waals surface area (Å²) in [6.07, 6.45) is 4.00. The lowest BCUT2D eigenvalue weighted by atomic mass is 9.88. The van der Waals surface area contributed by atoms with E-state index in [0.29, 0.717) is 22.2 Å². The number of sulfonamides is 1. The number of hydrogen-bond acceptors (Lipinski definition) is 3. The number of halogens is 1. The van der Waals surface area contributed by atoms with Crippen molar-refractivity contribution in [3.8, 4) is 0 Å². The van der Waals surface area contributed by atoms with Crippen molar-refractivity contribution in [2.75, 3.05) is 5.73 Å². The lowest BCUT2D eigenvalue weighted by Gasteiger charge is -2.27. The van der Waals surface area contributed by atoms with Gasteiger partial charge in [-0.1, -0.05) is 31.4 Å². The first kappa shape index (κ1) is 15.6. The molecule has 1 aromatic carbocycles. The number of rotatable bonds is 3. The van der Waals surface area contributed by atoms with Crippen molar-refractivity contribution in [2.24, 2.45) is 5.92 Å². The summed E-state index contributed by atoms with van der Waals surface area (Å²) in [5, 5.41) is 0.338. The zero-order valence-corrected chi connectivity index (χ0v) is 13.4. The van der Waals surface area contributed by atoms with Crippen LogP contribution in [0.15, 0.2) is 17.0 Å². The smallest absolute Gasteiger partial charge is 0.241 e. The van der Waals surface area contributed by atoms with Crippen molar-refractivity contribution in [2.45, 2.75) is 50.5 Å². The van der Waals surface area contributed by atoms with Gasteiger partial charge in [0.1, 0.15) is 0 Å². The van der Waals surface area contributed by atoms with Crippen LogP contribution in [0.1, 0.15) is 38.2 Å². The van der Waals surface area contributed by atoms with Crippen LogP contribution in [0.4, 0.5) is 5.69 Å². The number of nitrogens with one attached hydrogen (secondary N) is 1. The molecule has 0 heterocycles. The second-order valence-corrected chi connectivity index (χ2v) is 7.83. The highest BCUT2D eigenvalue weighted by Gasteiger charge is 2.26. The molecule has 1 saturated carbocycles. The lowest BCUT2D eigenvalue weighted by Crippen LogP contribution is -2.38. The van der Waals surface area contributed by atoms with E-state index in [1.54, 1.807) is 13.0 Å². The summed E-state index contributed by atoms with van der Waals surface area (Å²) in [5.74, 6) is 0.557. The minimum atomic E-state index is -3.57. The van der Waals surface area contributed by atoms with Crippen LogP contribution >= 0.6 is 11.6 Å². The average molecular weight is 317 g/mol. The summed E-state index contributed by atoms with van der Waals surface area (Å²) >= 11 is 5.92. The van der Waals surface area contributed by atoms with Gasteiger partial charge in [-0.25, -0.2) is 13.1 Å². The molecule has 1 aliphatic carbocycles. The summed E-state index contributed by atoms with van der Waals surface area (Å²) in [4.78, 5) is 0.181. The van der Waals surface area contributed by atoms with E-state index >= 15 is 0 Å². The summed E-state index contributed by atoms with van der Waals surface area (Å²) < 4.78 is 27.8. The predicted octanol–water partition coefficient (Wildman–Crippen LogP) is 3.09. The molecular weight excluding hydrogens is 296 g/mol. The predicted molar refractivity (Wildman–Crippen MR) is 82.3 cm³/mol. The maximum absolute atomic E-state index is 12.5. The van der Waals surface area contributed by atoms with Gasteiger partial charge in [0, 0.05) is 16.8 Å². The van der Waals surface area contributed by atoms with Crippen LogP contribution in [0.3, 0.4) is 0 Å². The maximum atomic E-state index is 12.5. The molecule has 0 amide bonds. The van der Waals surface area contributed by atoms with Gasteiger partial charge < -0.3 is 5.73 Å². The van der Waals surface area contributed by atoms with Gasteiger partial charge >= 0.3 is 0 Å². The van der Waals surface area contributed by atoms with E-state index < -0.39 is 10.0 Å². The normalized spacial score (nSPS) is 23.8. The third-order valence-electron chi connectivity index (χ3n) is 3.91. The van der Waals surface area contributed by atoms with Gasteiger partial charge in [0.25, 0.3) is 0 Å². The van der Waals surface area contributed by atoms with Crippen LogP contribution in [0.25, 0.3) is 0 Å². The van der Waals surface area contributed by atoms with Gasteiger partial charge in [-0.3, -0.25) is 0 Å². The van der Waals surface area contributed by atoms with E-state index in [1.807, 2.05) is 0 Å². The van der Waals surface area contributed by atoms with Crippen LogP contribution in [0.2, 0.25) is 5.02 Å². The molecule has 2 atom stereocenters. The van der Waals surface area contributed by atoms with Crippen LogP contribution in [-0.2, 0) is 10.0 Å². The standard InChI is InChI=1S/C14H21ClN2O2S/c1-9-4-3-5-12(6-9)17-20(18,19)14-8-11(15)7-13(16)10(14)2/h7-9,12,17H,3-6,16H2,1-2H3. The summed E-state index contributed by atoms with van der Waals surface area (Å²) in [6.45, 7) is 3.85. The molecule has 1 aliphatic rings. The van der Waals surface area contributed by atoms with Gasteiger partial charge in [-0.2, -0.15) is 0 Å². The SMILES string of the molecule is Cc1c(N)cc(Cl)cc1S(=O)(=O)NC1CCCC(C)C1. The van der Waals surface area contributed by atoms with Crippen molar-refractivity contribution in [1.29, 1.82) is 0 Å². The summed E-state index contributed by atoms with van der Waals surface area (Å²) in [5.41, 5.74) is 6.74. The topological polar surface area (TPSA) is 72.2 Å². The first-order chi connectivity index (χ1) is 9.29. The van der Waals surface area contributed by atoms with Crippen LogP contribution in [0.5, 0.6) is 0 Å². The van der Waals surface area contributed by atoms with Gasteiger partial charge in [-0.05, 0) is 43.4 Å². The van der Waals surface area contributed by atoms with Crippen molar-refractivity contribution >= 4 is 27.3 Å². The Morgan fingerprint density at radius 2 is 2.05 bits per heavy atom. The molecule has 0 spiro atoms. The largest absolute Gasteiger partial charge is 0.398 e. The van der Waals surface area contributed by atoms with E-state index in [-0.39, 0.29) is 10.9 Å². The Hall–Kier alpha value is -0.780. The maximum Gasteiger partial charge on any atom is 0.241 e. The molecule has 1 fully saturated rings. The van der Waals surface area contributed by atoms with Crippen LogP contribution in [-0.4, -0.2) is 14.5 Å². The van der Waals surface area contributed by atoms with Gasteiger partial charge in [0.15, 0.2) is 0 Å². The molecule has 2 rings (SSSR count). The second kappa shape index (κ2) is 5.92. The molecule has 6 heteroatoms. The second-order valence-electron chi connectivity index (χ2n) is 5.71. The Morgan fingerprint density at radius 1 is 1.35 bits per heavy atom. The third-order valence-corrected chi connectivity index (χ3v) is 5.78. The van der Waals surface area contributed by atoms with E-state index in [0.717, 1.165) is 19.3 Å². The zero-order valence-electron chi connectivity index (χ0n) is 11.8. The van der Waals surface area contributed by atoms with Gasteiger partial charge in [0.05, 0.1) is 4.90 Å². The third kappa shape index (κ3) is 3.45. The molecule has 0 aromatic heterocycles. The van der Waals surface area contributed by atoms with E-state index in [1.165, 1.54) is 12.5 Å². The number of nitrogens with two attached hydrogens (primary N) is 1. The van der Waals surface area contributed by atoms with Crippen LogP contribution in [0, 0.1) is 12.8 Å². The van der Waals surface area contributed by atoms with Gasteiger partial charge in [0.2, 0.25) is 10.0 Å². The van der Waals surface area contributed by atoms with E-state index in [2.05, 4.69) is 11.6 Å². The van der Waals surface area contributed by atoms with E-state index in [4.69, 9.17) is 17.3 Å². The molecule has 4 nitrogen and oxygen atoms in total. The molecule has 20 heavy (non-hydrogen) atoms. The Morgan fingerprint density at radius 3 is 2.70 bits per heavy atom. The molecule has 1 aromatic rings. The Labute approximate surface area is 125 Å². The molecule has 0 radical (unpaired) electrons. The molecule has 3 N–H and O–H groups in total. The summed E-state index contributed by atoms with van der Waals surface area (Å²) in [6, 6.07) is 3.03. The molecule has 0 bridgehead atoms. The highest BCUT2D eigenvalue weighted by atomic mass is 35.5. The fraction of sp³-hybridized carbons (Fsp3) is 0.571. The van der Waals surface area contributed by atoms with Crippen LogP contribution < -0.4 is 10.5 Å². The minimum Gasteiger partial charge on any atom is -0.398 e. The first-order valence-corrected chi connectivity index (χ1v) is 8.73. The van der Waals surface area contributed by atoms with Gasteiger partial charge in [-0.15, -0.1) is 0 Å². The first-order valence-electron chi connectivity index (χ1n) is 6.87. The lowest BCUT2D eigenvalue weighted by molar-refractivity contribution is 0.327. The zero-order chi connectivity index (χ0) is 14.9. The molecule has 0 saturated heterocycles. The number of anilines is 1. The average Bonchev–Trinajstić information content (AvgIpc) is 2.33. The number of nitrogen functional groups attached to an aromatic ring is 1. The summed E-state index contributed by atoms with van der Waals surface area (Å²) in [7, 11) is -3.57. The van der Waals surface area contributed by atoms with Crippen molar-refractivity contribution in [1.82, 2.24) is 4.72 Å². The Balaban J connectivity index is 2.26. The van der Waals surface area contributed by atoms with Crippen molar-refractivity contribution in [3.63, 3.8) is 0 Å². The Bertz CT molecular complexity index is 601. The van der Waals surface area contributed by atoms with E-state index in [9.17, 15) is 8.42 Å².